The van der Waals surface area contributed by atoms with Gasteiger partial charge in [-0.2, -0.15) is 0 Å². The molecule has 0 aromatic carbocycles. The van der Waals surface area contributed by atoms with Crippen LogP contribution < -0.4 is 0 Å². The maximum atomic E-state index is 11.5. The molecule has 2 atom stereocenters. The third-order valence-corrected chi connectivity index (χ3v) is 4.48. The van der Waals surface area contributed by atoms with Gasteiger partial charge in [-0.3, -0.25) is 9.69 Å². The number of likely N-dealkylation sites (N-methyl/N-ethyl adjacent to an activating group) is 2. The zero-order valence-corrected chi connectivity index (χ0v) is 11.3. The first-order valence-corrected chi connectivity index (χ1v) is 7.16. The highest BCUT2D eigenvalue weighted by Crippen LogP contribution is 2.22. The Bertz CT molecular complexity index is 267. The standard InChI is InChI=1S/C14H26N2O/c1-3-16-9-5-7-13(16)11-15(2)12-6-4-8-14(17)10-12/h12-13H,3-11H2,1-2H3. The van der Waals surface area contributed by atoms with Gasteiger partial charge in [0, 0.05) is 31.5 Å². The van der Waals surface area contributed by atoms with Crippen LogP contribution in [0.2, 0.25) is 0 Å². The number of hydrogen-bond donors (Lipinski definition) is 0. The van der Waals surface area contributed by atoms with E-state index in [1.54, 1.807) is 0 Å². The molecule has 1 heterocycles. The third-order valence-electron chi connectivity index (χ3n) is 4.48. The number of hydrogen-bond acceptors (Lipinski definition) is 3. The number of likely N-dealkylation sites (tertiary alicyclic amines) is 1. The average Bonchev–Trinajstić information content (AvgIpc) is 2.76. The molecular weight excluding hydrogens is 212 g/mol. The lowest BCUT2D eigenvalue weighted by Gasteiger charge is -2.34. The Hall–Kier alpha value is -0.410. The van der Waals surface area contributed by atoms with E-state index >= 15 is 0 Å². The van der Waals surface area contributed by atoms with Crippen LogP contribution in [0.15, 0.2) is 0 Å². The molecule has 0 amide bonds. The maximum Gasteiger partial charge on any atom is 0.134 e. The first kappa shape index (κ1) is 13.0. The highest BCUT2D eigenvalue weighted by atomic mass is 16.1. The van der Waals surface area contributed by atoms with Gasteiger partial charge in [0.25, 0.3) is 0 Å². The van der Waals surface area contributed by atoms with E-state index in [0.29, 0.717) is 11.8 Å². The second-order valence-corrected chi connectivity index (χ2v) is 5.65. The second kappa shape index (κ2) is 5.96. The lowest BCUT2D eigenvalue weighted by atomic mass is 9.93. The van der Waals surface area contributed by atoms with E-state index in [1.807, 2.05) is 0 Å². The molecule has 1 saturated carbocycles. The maximum absolute atomic E-state index is 11.5. The number of carbonyl (C=O) groups is 1. The molecule has 17 heavy (non-hydrogen) atoms. The summed E-state index contributed by atoms with van der Waals surface area (Å²) < 4.78 is 0. The number of nitrogens with zero attached hydrogens (tertiary/aromatic N) is 2. The molecule has 3 nitrogen and oxygen atoms in total. The van der Waals surface area contributed by atoms with Gasteiger partial charge in [-0.15, -0.1) is 0 Å². The molecule has 98 valence electrons. The Labute approximate surface area is 105 Å². The number of rotatable bonds is 4. The van der Waals surface area contributed by atoms with Crippen molar-refractivity contribution in [3.63, 3.8) is 0 Å². The molecule has 0 aromatic rings. The lowest BCUT2D eigenvalue weighted by molar-refractivity contribution is -0.121. The predicted octanol–water partition coefficient (Wildman–Crippen LogP) is 1.91. The van der Waals surface area contributed by atoms with Crippen molar-refractivity contribution in [1.82, 2.24) is 9.80 Å². The van der Waals surface area contributed by atoms with Crippen LogP contribution in [-0.2, 0) is 4.79 Å². The Morgan fingerprint density at radius 1 is 1.35 bits per heavy atom. The van der Waals surface area contributed by atoms with E-state index in [-0.39, 0.29) is 0 Å². The van der Waals surface area contributed by atoms with Gasteiger partial charge in [-0.05, 0) is 45.8 Å². The van der Waals surface area contributed by atoms with Crippen molar-refractivity contribution < 1.29 is 4.79 Å². The molecule has 0 radical (unpaired) electrons. The minimum absolute atomic E-state index is 0.465. The van der Waals surface area contributed by atoms with Crippen molar-refractivity contribution in [2.24, 2.45) is 0 Å². The number of ketones is 1. The predicted molar refractivity (Wildman–Crippen MR) is 70.2 cm³/mol. The monoisotopic (exact) mass is 238 g/mol. The fourth-order valence-electron chi connectivity index (χ4n) is 3.38. The summed E-state index contributed by atoms with van der Waals surface area (Å²) in [6, 6.07) is 1.23. The van der Waals surface area contributed by atoms with Gasteiger partial charge < -0.3 is 4.90 Å². The van der Waals surface area contributed by atoms with Gasteiger partial charge >= 0.3 is 0 Å². The SMILES string of the molecule is CCN1CCCC1CN(C)C1CCCC(=O)C1. The van der Waals surface area contributed by atoms with Gasteiger partial charge in [0.1, 0.15) is 5.78 Å². The topological polar surface area (TPSA) is 23.6 Å². The van der Waals surface area contributed by atoms with Crippen molar-refractivity contribution in [3.05, 3.63) is 0 Å². The molecule has 1 aliphatic carbocycles. The van der Waals surface area contributed by atoms with Crippen LogP contribution in [0.5, 0.6) is 0 Å². The van der Waals surface area contributed by atoms with Crippen LogP contribution in [0.4, 0.5) is 0 Å². The van der Waals surface area contributed by atoms with Gasteiger partial charge in [0.05, 0.1) is 0 Å². The molecule has 1 saturated heterocycles. The summed E-state index contributed by atoms with van der Waals surface area (Å²) in [6.07, 6.45) is 6.58. The smallest absolute Gasteiger partial charge is 0.134 e. The summed E-state index contributed by atoms with van der Waals surface area (Å²) in [5.74, 6) is 0.465. The van der Waals surface area contributed by atoms with Crippen molar-refractivity contribution in [2.75, 3.05) is 26.7 Å². The molecule has 2 aliphatic rings. The molecule has 0 spiro atoms. The highest BCUT2D eigenvalue weighted by molar-refractivity contribution is 5.79. The molecule has 0 N–H and O–H groups in total. The first-order valence-electron chi connectivity index (χ1n) is 7.16. The van der Waals surface area contributed by atoms with Crippen molar-refractivity contribution in [1.29, 1.82) is 0 Å². The molecule has 2 unspecified atom stereocenters. The zero-order chi connectivity index (χ0) is 12.3. The van der Waals surface area contributed by atoms with Crippen LogP contribution >= 0.6 is 0 Å². The van der Waals surface area contributed by atoms with Crippen LogP contribution in [0.25, 0.3) is 0 Å². The van der Waals surface area contributed by atoms with Crippen LogP contribution in [0.3, 0.4) is 0 Å². The van der Waals surface area contributed by atoms with Crippen LogP contribution in [-0.4, -0.2) is 54.3 Å². The Morgan fingerprint density at radius 3 is 2.88 bits per heavy atom. The molecule has 2 rings (SSSR count). The summed E-state index contributed by atoms with van der Waals surface area (Å²) >= 11 is 0. The van der Waals surface area contributed by atoms with Crippen molar-refractivity contribution in [2.45, 2.75) is 57.5 Å². The molecule has 1 aliphatic heterocycles. The Morgan fingerprint density at radius 2 is 2.18 bits per heavy atom. The quantitative estimate of drug-likeness (QED) is 0.747. The normalized spacial score (nSPS) is 31.4. The molecule has 0 bridgehead atoms. The fraction of sp³-hybridized carbons (Fsp3) is 0.929. The van der Waals surface area contributed by atoms with E-state index in [0.717, 1.165) is 31.8 Å². The Kier molecular flexibility index (Phi) is 4.57. The van der Waals surface area contributed by atoms with Crippen molar-refractivity contribution >= 4 is 5.78 Å². The number of Topliss-reactive ketones (excluding diaryl/α,β-unsaturated/α-hetero) is 1. The van der Waals surface area contributed by atoms with Crippen molar-refractivity contribution in [3.8, 4) is 0 Å². The van der Waals surface area contributed by atoms with E-state index in [4.69, 9.17) is 0 Å². The molecular formula is C14H26N2O. The van der Waals surface area contributed by atoms with E-state index < -0.39 is 0 Å². The van der Waals surface area contributed by atoms with E-state index in [9.17, 15) is 4.79 Å². The second-order valence-electron chi connectivity index (χ2n) is 5.65. The summed E-state index contributed by atoms with van der Waals surface area (Å²) in [7, 11) is 2.20. The minimum atomic E-state index is 0.465. The van der Waals surface area contributed by atoms with Gasteiger partial charge in [-0.1, -0.05) is 6.92 Å². The van der Waals surface area contributed by atoms with Gasteiger partial charge in [-0.25, -0.2) is 0 Å². The lowest BCUT2D eigenvalue weighted by Crippen LogP contribution is -2.44. The van der Waals surface area contributed by atoms with Crippen LogP contribution in [0.1, 0.15) is 45.4 Å². The molecule has 3 heteroatoms. The summed E-state index contributed by atoms with van der Waals surface area (Å²) in [5, 5.41) is 0. The summed E-state index contributed by atoms with van der Waals surface area (Å²) in [5.41, 5.74) is 0. The summed E-state index contributed by atoms with van der Waals surface area (Å²) in [6.45, 7) is 5.83. The molecule has 2 fully saturated rings. The largest absolute Gasteiger partial charge is 0.301 e. The minimum Gasteiger partial charge on any atom is -0.301 e. The first-order chi connectivity index (χ1) is 8.20. The Balaban J connectivity index is 1.83. The van der Waals surface area contributed by atoms with Gasteiger partial charge in [0.15, 0.2) is 0 Å². The number of carbonyl (C=O) groups excluding carboxylic acids is 1. The zero-order valence-electron chi connectivity index (χ0n) is 11.3. The van der Waals surface area contributed by atoms with Gasteiger partial charge in [0.2, 0.25) is 0 Å². The van der Waals surface area contributed by atoms with Crippen LogP contribution in [0, 0.1) is 0 Å². The average molecular weight is 238 g/mol. The highest BCUT2D eigenvalue weighted by Gasteiger charge is 2.28. The van der Waals surface area contributed by atoms with E-state index in [1.165, 1.54) is 32.4 Å². The fourth-order valence-corrected chi connectivity index (χ4v) is 3.38. The summed E-state index contributed by atoms with van der Waals surface area (Å²) in [4.78, 5) is 16.5. The third kappa shape index (κ3) is 3.29. The van der Waals surface area contributed by atoms with E-state index in [2.05, 4.69) is 23.8 Å². The molecule has 0 aromatic heterocycles.